The van der Waals surface area contributed by atoms with Crippen LogP contribution in [0, 0.1) is 11.8 Å². The minimum absolute atomic E-state index is 0.0736. The summed E-state index contributed by atoms with van der Waals surface area (Å²) < 4.78 is 5.75. The summed E-state index contributed by atoms with van der Waals surface area (Å²) in [7, 11) is 0. The van der Waals surface area contributed by atoms with Crippen LogP contribution in [0.1, 0.15) is 48.8 Å². The Hall–Kier alpha value is -3.07. The van der Waals surface area contributed by atoms with Crippen molar-refractivity contribution in [1.82, 2.24) is 10.4 Å². The van der Waals surface area contributed by atoms with Crippen LogP contribution in [0.4, 0.5) is 11.4 Å². The number of carbonyl (C=O) groups is 2. The molecule has 2 atom stereocenters. The number of ether oxygens (including phenoxy) is 1. The monoisotopic (exact) mass is 442 g/mol. The van der Waals surface area contributed by atoms with Crippen LogP contribution in [-0.2, 0) is 9.59 Å². The number of anilines is 1. The number of carbonyl (C=O) groups excluding carboxylic acids is 2. The number of nitrogens with one attached hydrogen (secondary N) is 1. The molecular formula is C22H26N4O4S. The van der Waals surface area contributed by atoms with Crippen LogP contribution in [0.3, 0.4) is 0 Å². The van der Waals surface area contributed by atoms with Gasteiger partial charge in [0.25, 0.3) is 11.8 Å². The van der Waals surface area contributed by atoms with Crippen molar-refractivity contribution < 1.29 is 14.3 Å². The maximum Gasteiger partial charge on any atom is 0.276 e. The number of hydrazine groups is 1. The molecule has 2 aromatic rings. The number of nitrogens with two attached hydrogens (primary N) is 1. The quantitative estimate of drug-likeness (QED) is 0.491. The van der Waals surface area contributed by atoms with Crippen molar-refractivity contribution in [2.75, 3.05) is 12.3 Å². The fraction of sp³-hybridized carbons (Fsp3) is 0.364. The van der Waals surface area contributed by atoms with Crippen molar-refractivity contribution in [2.45, 2.75) is 44.2 Å². The number of nitroso groups, excluding NO2 is 1. The molecule has 9 heteroatoms. The summed E-state index contributed by atoms with van der Waals surface area (Å²) in [5.41, 5.74) is 11.8. The first-order chi connectivity index (χ1) is 14.7. The molecule has 1 saturated heterocycles. The molecule has 164 valence electrons. The van der Waals surface area contributed by atoms with Gasteiger partial charge in [-0.2, -0.15) is 0 Å². The van der Waals surface area contributed by atoms with E-state index in [-0.39, 0.29) is 29.1 Å². The average Bonchev–Trinajstić information content (AvgIpc) is 3.00. The second-order valence-electron chi connectivity index (χ2n) is 7.76. The third-order valence-electron chi connectivity index (χ3n) is 5.00. The second kappa shape index (κ2) is 9.38. The number of hydrogen-bond acceptors (Lipinski definition) is 7. The average molecular weight is 443 g/mol. The first-order valence-electron chi connectivity index (χ1n) is 9.95. The lowest BCUT2D eigenvalue weighted by molar-refractivity contribution is -0.141. The predicted molar refractivity (Wildman–Crippen MR) is 122 cm³/mol. The highest BCUT2D eigenvalue weighted by Gasteiger charge is 2.39. The number of benzene rings is 2. The van der Waals surface area contributed by atoms with E-state index < -0.39 is 5.91 Å². The van der Waals surface area contributed by atoms with Gasteiger partial charge in [0, 0.05) is 5.69 Å². The zero-order chi connectivity index (χ0) is 22.7. The molecule has 31 heavy (non-hydrogen) atoms. The van der Waals surface area contributed by atoms with Crippen molar-refractivity contribution >= 4 is 35.0 Å². The molecule has 0 radical (unpaired) electrons. The van der Waals surface area contributed by atoms with E-state index in [9.17, 15) is 14.5 Å². The molecule has 1 aliphatic rings. The van der Waals surface area contributed by atoms with Crippen LogP contribution in [0.25, 0.3) is 0 Å². The molecule has 2 aromatic carbocycles. The maximum absolute atomic E-state index is 12.6. The normalized spacial score (nSPS) is 18.4. The Morgan fingerprint density at radius 2 is 2.06 bits per heavy atom. The highest BCUT2D eigenvalue weighted by Crippen LogP contribution is 2.42. The van der Waals surface area contributed by atoms with Gasteiger partial charge in [-0.05, 0) is 65.9 Å². The fourth-order valence-electron chi connectivity index (χ4n) is 3.35. The van der Waals surface area contributed by atoms with Crippen LogP contribution >= 0.6 is 11.8 Å². The Kier molecular flexibility index (Phi) is 6.84. The molecule has 2 amide bonds. The predicted octanol–water partition coefficient (Wildman–Crippen LogP) is 4.17. The molecule has 0 bridgehead atoms. The molecule has 2 unspecified atom stereocenters. The third-order valence-corrected chi connectivity index (χ3v) is 6.35. The Balaban J connectivity index is 1.73. The van der Waals surface area contributed by atoms with Gasteiger partial charge in [-0.25, -0.2) is 5.01 Å². The number of thioether (sulfide) groups is 1. The zero-order valence-electron chi connectivity index (χ0n) is 17.9. The standard InChI is InChI=1S/C22H26N4O4S/c1-12(2)17-10-18(25-29)13(3)8-19(17)30-11-20(27)24-26-21(28)14(4)31-22(26)15-6-5-7-16(23)9-15/h5-10,12,14,22H,11,23H2,1-4H3,(H,24,27). The van der Waals surface area contributed by atoms with Crippen LogP contribution in [0.15, 0.2) is 41.6 Å². The largest absolute Gasteiger partial charge is 0.483 e. The van der Waals surface area contributed by atoms with E-state index in [1.54, 1.807) is 38.1 Å². The van der Waals surface area contributed by atoms with E-state index in [4.69, 9.17) is 10.5 Å². The highest BCUT2D eigenvalue weighted by molar-refractivity contribution is 8.01. The lowest BCUT2D eigenvalue weighted by Gasteiger charge is -2.25. The van der Waals surface area contributed by atoms with Crippen molar-refractivity contribution in [3.63, 3.8) is 0 Å². The van der Waals surface area contributed by atoms with E-state index in [0.29, 0.717) is 22.7 Å². The van der Waals surface area contributed by atoms with Crippen molar-refractivity contribution in [2.24, 2.45) is 5.18 Å². The third kappa shape index (κ3) is 4.99. The van der Waals surface area contributed by atoms with Gasteiger partial charge in [0.2, 0.25) is 0 Å². The van der Waals surface area contributed by atoms with Gasteiger partial charge in [0.05, 0.1) is 5.25 Å². The Morgan fingerprint density at radius 1 is 1.32 bits per heavy atom. The van der Waals surface area contributed by atoms with Crippen LogP contribution in [0.2, 0.25) is 0 Å². The molecule has 0 aromatic heterocycles. The van der Waals surface area contributed by atoms with E-state index >= 15 is 0 Å². The summed E-state index contributed by atoms with van der Waals surface area (Å²) in [6.07, 6.45) is 0. The summed E-state index contributed by atoms with van der Waals surface area (Å²) in [6, 6.07) is 10.6. The van der Waals surface area contributed by atoms with Crippen LogP contribution in [-0.4, -0.2) is 28.7 Å². The smallest absolute Gasteiger partial charge is 0.276 e. The van der Waals surface area contributed by atoms with Gasteiger partial charge in [0.15, 0.2) is 6.61 Å². The number of amides is 2. The van der Waals surface area contributed by atoms with Crippen LogP contribution in [0.5, 0.6) is 5.75 Å². The summed E-state index contributed by atoms with van der Waals surface area (Å²) >= 11 is 1.44. The summed E-state index contributed by atoms with van der Waals surface area (Å²) in [6.45, 7) is 7.20. The van der Waals surface area contributed by atoms with Crippen LogP contribution < -0.4 is 15.9 Å². The topological polar surface area (TPSA) is 114 Å². The number of rotatable bonds is 7. The van der Waals surface area contributed by atoms with Gasteiger partial charge >= 0.3 is 0 Å². The molecule has 3 rings (SSSR count). The lowest BCUT2D eigenvalue weighted by Crippen LogP contribution is -2.47. The molecule has 0 saturated carbocycles. The number of nitrogens with zero attached hydrogens (tertiary/aromatic N) is 2. The molecule has 1 fully saturated rings. The minimum atomic E-state index is -0.457. The van der Waals surface area contributed by atoms with Gasteiger partial charge in [-0.1, -0.05) is 26.0 Å². The molecule has 1 heterocycles. The SMILES string of the molecule is Cc1cc(OCC(=O)NN2C(=O)C(C)SC2c2cccc(N)c2)c(C(C)C)cc1N=O. The van der Waals surface area contributed by atoms with Crippen molar-refractivity contribution in [3.05, 3.63) is 58.0 Å². The minimum Gasteiger partial charge on any atom is -0.483 e. The fourth-order valence-corrected chi connectivity index (χ4v) is 4.55. The Bertz CT molecular complexity index is 1010. The number of hydrogen-bond donors (Lipinski definition) is 2. The Morgan fingerprint density at radius 3 is 2.71 bits per heavy atom. The highest BCUT2D eigenvalue weighted by atomic mass is 32.2. The number of aryl methyl sites for hydroxylation is 1. The second-order valence-corrected chi connectivity index (χ2v) is 9.18. The molecule has 1 aliphatic heterocycles. The summed E-state index contributed by atoms with van der Waals surface area (Å²) in [5, 5.41) is 3.70. The first-order valence-corrected chi connectivity index (χ1v) is 10.9. The lowest BCUT2D eigenvalue weighted by atomic mass is 9.99. The molecule has 0 aliphatic carbocycles. The van der Waals surface area contributed by atoms with Gasteiger partial charge in [-0.3, -0.25) is 15.0 Å². The first kappa shape index (κ1) is 22.6. The molecule has 8 nitrogen and oxygen atoms in total. The van der Waals surface area contributed by atoms with Gasteiger partial charge in [0.1, 0.15) is 16.8 Å². The van der Waals surface area contributed by atoms with Crippen molar-refractivity contribution in [1.29, 1.82) is 0 Å². The zero-order valence-corrected chi connectivity index (χ0v) is 18.7. The summed E-state index contributed by atoms with van der Waals surface area (Å²) in [5.74, 6) is -0.0600. The molecule has 0 spiro atoms. The molecular weight excluding hydrogens is 416 g/mol. The van der Waals surface area contributed by atoms with E-state index in [1.807, 2.05) is 26.0 Å². The maximum atomic E-state index is 12.6. The number of nitrogen functional groups attached to an aromatic ring is 1. The van der Waals surface area contributed by atoms with E-state index in [1.165, 1.54) is 16.8 Å². The van der Waals surface area contributed by atoms with Crippen molar-refractivity contribution in [3.8, 4) is 5.75 Å². The van der Waals surface area contributed by atoms with E-state index in [0.717, 1.165) is 11.1 Å². The molecule has 3 N–H and O–H groups in total. The van der Waals surface area contributed by atoms with E-state index in [2.05, 4.69) is 10.6 Å². The van der Waals surface area contributed by atoms with Gasteiger partial charge < -0.3 is 10.5 Å². The Labute approximate surface area is 185 Å². The van der Waals surface area contributed by atoms with Gasteiger partial charge in [-0.15, -0.1) is 16.7 Å². The summed E-state index contributed by atoms with van der Waals surface area (Å²) in [4.78, 5) is 36.2.